The summed E-state index contributed by atoms with van der Waals surface area (Å²) in [6.45, 7) is 2.24. The molecule has 0 aromatic carbocycles. The molecule has 1 N–H and O–H groups in total. The molecule has 2 atom stereocenters. The van der Waals surface area contributed by atoms with Gasteiger partial charge in [0, 0.05) is 0 Å². The van der Waals surface area contributed by atoms with E-state index < -0.39 is 0 Å². The maximum atomic E-state index is 9.25. The van der Waals surface area contributed by atoms with Crippen LogP contribution >= 0.6 is 0 Å². The van der Waals surface area contributed by atoms with Crippen molar-refractivity contribution >= 4 is 0 Å². The summed E-state index contributed by atoms with van der Waals surface area (Å²) in [6.07, 6.45) is 15.7. The van der Waals surface area contributed by atoms with Crippen molar-refractivity contribution in [2.24, 2.45) is 5.92 Å². The fourth-order valence-corrected chi connectivity index (χ4v) is 1.81. The van der Waals surface area contributed by atoms with Gasteiger partial charge in [-0.15, -0.1) is 0 Å². The molecule has 1 aliphatic rings. The average molecular weight is 194 g/mol. The van der Waals surface area contributed by atoms with Crippen molar-refractivity contribution in [3.63, 3.8) is 0 Å². The summed E-state index contributed by atoms with van der Waals surface area (Å²) in [5, 5.41) is 9.25. The van der Waals surface area contributed by atoms with Gasteiger partial charge >= 0.3 is 0 Å². The molecule has 0 saturated carbocycles. The first-order valence-electron chi connectivity index (χ1n) is 5.86. The quantitative estimate of drug-likeness (QED) is 0.507. The van der Waals surface area contributed by atoms with Gasteiger partial charge in [-0.2, -0.15) is 0 Å². The molecule has 0 unspecified atom stereocenters. The summed E-state index contributed by atoms with van der Waals surface area (Å²) in [5.74, 6) is 0.483. The van der Waals surface area contributed by atoms with Gasteiger partial charge in [0.25, 0.3) is 0 Å². The molecule has 1 rings (SSSR count). The highest BCUT2D eigenvalue weighted by Crippen LogP contribution is 2.19. The number of aliphatic hydroxyl groups excluding tert-OH is 1. The summed E-state index contributed by atoms with van der Waals surface area (Å²) < 4.78 is 0. The lowest BCUT2D eigenvalue weighted by Gasteiger charge is -2.01. The fraction of sp³-hybridized carbons (Fsp3) is 0.692. The normalized spacial score (nSPS) is 26.4. The Morgan fingerprint density at radius 1 is 1.29 bits per heavy atom. The third kappa shape index (κ3) is 4.61. The summed E-state index contributed by atoms with van der Waals surface area (Å²) in [4.78, 5) is 0. The minimum absolute atomic E-state index is 0.204. The highest BCUT2D eigenvalue weighted by molar-refractivity contribution is 5.09. The molecule has 0 heterocycles. The van der Waals surface area contributed by atoms with Gasteiger partial charge in [0.05, 0.1) is 6.10 Å². The van der Waals surface area contributed by atoms with Crippen molar-refractivity contribution in [2.45, 2.75) is 51.6 Å². The monoisotopic (exact) mass is 194 g/mol. The number of hydrogen-bond donors (Lipinski definition) is 1. The molecule has 0 aliphatic heterocycles. The maximum absolute atomic E-state index is 9.25. The van der Waals surface area contributed by atoms with Crippen LogP contribution in [0.25, 0.3) is 0 Å². The lowest BCUT2D eigenvalue weighted by molar-refractivity contribution is 0.216. The molecule has 0 saturated heterocycles. The zero-order valence-electron chi connectivity index (χ0n) is 9.15. The molecule has 0 spiro atoms. The lowest BCUT2D eigenvalue weighted by Crippen LogP contribution is -1.99. The summed E-state index contributed by atoms with van der Waals surface area (Å²) >= 11 is 0. The van der Waals surface area contributed by atoms with Gasteiger partial charge in [-0.1, -0.05) is 50.5 Å². The first-order chi connectivity index (χ1) is 6.83. The predicted octanol–water partition coefficient (Wildman–Crippen LogP) is 3.45. The second-order valence-corrected chi connectivity index (χ2v) is 4.13. The van der Waals surface area contributed by atoms with Crippen molar-refractivity contribution in [1.29, 1.82) is 0 Å². The lowest BCUT2D eigenvalue weighted by atomic mass is 10.1. The molecular formula is C13H22O. The van der Waals surface area contributed by atoms with Crippen molar-refractivity contribution in [3.05, 3.63) is 24.3 Å². The van der Waals surface area contributed by atoms with Crippen LogP contribution in [0, 0.1) is 5.92 Å². The average Bonchev–Trinajstić information content (AvgIpc) is 2.58. The van der Waals surface area contributed by atoms with Crippen LogP contribution in [-0.4, -0.2) is 11.2 Å². The highest BCUT2D eigenvalue weighted by Gasteiger charge is 2.12. The van der Waals surface area contributed by atoms with Crippen LogP contribution in [-0.2, 0) is 0 Å². The van der Waals surface area contributed by atoms with E-state index in [2.05, 4.69) is 25.2 Å². The smallest absolute Gasteiger partial charge is 0.0729 e. The van der Waals surface area contributed by atoms with Crippen molar-refractivity contribution < 1.29 is 5.11 Å². The van der Waals surface area contributed by atoms with Crippen LogP contribution in [0.3, 0.4) is 0 Å². The van der Waals surface area contributed by atoms with Gasteiger partial charge in [0.2, 0.25) is 0 Å². The number of aliphatic hydroxyl groups is 1. The molecule has 1 nitrogen and oxygen atoms in total. The van der Waals surface area contributed by atoms with E-state index in [1.54, 1.807) is 0 Å². The van der Waals surface area contributed by atoms with Gasteiger partial charge in [-0.3, -0.25) is 0 Å². The first-order valence-corrected chi connectivity index (χ1v) is 5.86. The zero-order valence-corrected chi connectivity index (χ0v) is 9.15. The number of allylic oxidation sites excluding steroid dienone is 3. The molecule has 0 amide bonds. The second kappa shape index (κ2) is 6.83. The molecule has 80 valence electrons. The molecule has 1 aliphatic carbocycles. The fourth-order valence-electron chi connectivity index (χ4n) is 1.81. The molecule has 1 heteroatoms. The molecular weight excluding hydrogens is 172 g/mol. The van der Waals surface area contributed by atoms with E-state index in [4.69, 9.17) is 0 Å². The van der Waals surface area contributed by atoms with Crippen LogP contribution in [0.4, 0.5) is 0 Å². The van der Waals surface area contributed by atoms with E-state index in [9.17, 15) is 5.11 Å². The topological polar surface area (TPSA) is 20.2 Å². The van der Waals surface area contributed by atoms with Crippen molar-refractivity contribution in [1.82, 2.24) is 0 Å². The van der Waals surface area contributed by atoms with Gasteiger partial charge < -0.3 is 5.11 Å². The highest BCUT2D eigenvalue weighted by atomic mass is 16.3. The summed E-state index contributed by atoms with van der Waals surface area (Å²) in [6, 6.07) is 0. The standard InChI is InChI=1S/C13H22O/c1-2-3-4-5-6-7-8-12-9-10-13(14)11-12/h7-10,12-14H,2-6,11H2,1H3/b8-7-/t12-,13-/m1/s1. The van der Waals surface area contributed by atoms with Crippen LogP contribution in [0.1, 0.15) is 45.4 Å². The van der Waals surface area contributed by atoms with E-state index in [1.165, 1.54) is 32.1 Å². The zero-order chi connectivity index (χ0) is 10.2. The van der Waals surface area contributed by atoms with E-state index in [0.29, 0.717) is 5.92 Å². The van der Waals surface area contributed by atoms with Gasteiger partial charge in [0.15, 0.2) is 0 Å². The molecule has 0 aromatic rings. The maximum Gasteiger partial charge on any atom is 0.0729 e. The molecule has 14 heavy (non-hydrogen) atoms. The van der Waals surface area contributed by atoms with Crippen LogP contribution in [0.2, 0.25) is 0 Å². The Bertz CT molecular complexity index is 193. The van der Waals surface area contributed by atoms with E-state index in [-0.39, 0.29) is 6.10 Å². The van der Waals surface area contributed by atoms with Gasteiger partial charge in [-0.25, -0.2) is 0 Å². The van der Waals surface area contributed by atoms with Crippen LogP contribution < -0.4 is 0 Å². The predicted molar refractivity (Wildman–Crippen MR) is 61.2 cm³/mol. The largest absolute Gasteiger partial charge is 0.389 e. The SMILES string of the molecule is CCCCCC/C=C\[C@@H]1C=C[C@@H](O)C1. The molecule has 0 radical (unpaired) electrons. The number of rotatable bonds is 6. The Morgan fingerprint density at radius 2 is 2.14 bits per heavy atom. The minimum atomic E-state index is -0.204. The minimum Gasteiger partial charge on any atom is -0.389 e. The molecule has 0 bridgehead atoms. The molecule has 0 aromatic heterocycles. The van der Waals surface area contributed by atoms with Crippen LogP contribution in [0.5, 0.6) is 0 Å². The van der Waals surface area contributed by atoms with E-state index in [1.807, 2.05) is 6.08 Å². The van der Waals surface area contributed by atoms with Gasteiger partial charge in [0.1, 0.15) is 0 Å². The Morgan fingerprint density at radius 3 is 2.79 bits per heavy atom. The Kier molecular flexibility index (Phi) is 5.62. The van der Waals surface area contributed by atoms with E-state index in [0.717, 1.165) is 6.42 Å². The summed E-state index contributed by atoms with van der Waals surface area (Å²) in [7, 11) is 0. The summed E-state index contributed by atoms with van der Waals surface area (Å²) in [5.41, 5.74) is 0. The Labute approximate surface area is 87.5 Å². The van der Waals surface area contributed by atoms with Crippen molar-refractivity contribution in [2.75, 3.05) is 0 Å². The van der Waals surface area contributed by atoms with Crippen molar-refractivity contribution in [3.8, 4) is 0 Å². The number of hydrogen-bond acceptors (Lipinski definition) is 1. The molecule has 0 fully saturated rings. The Hall–Kier alpha value is -0.560. The van der Waals surface area contributed by atoms with Crippen LogP contribution in [0.15, 0.2) is 24.3 Å². The van der Waals surface area contributed by atoms with E-state index >= 15 is 0 Å². The number of unbranched alkanes of at least 4 members (excludes halogenated alkanes) is 4. The second-order valence-electron chi connectivity index (χ2n) is 4.13. The third-order valence-corrected chi connectivity index (χ3v) is 2.70. The third-order valence-electron chi connectivity index (χ3n) is 2.70. The van der Waals surface area contributed by atoms with Gasteiger partial charge in [-0.05, 0) is 25.2 Å². The first kappa shape index (κ1) is 11.5. The Balaban J connectivity index is 2.01.